The van der Waals surface area contributed by atoms with E-state index in [0.717, 1.165) is 64.2 Å². The van der Waals surface area contributed by atoms with Crippen molar-refractivity contribution in [1.29, 1.82) is 0 Å². The van der Waals surface area contributed by atoms with E-state index in [1.165, 1.54) is 5.57 Å². The summed E-state index contributed by atoms with van der Waals surface area (Å²) < 4.78 is 5.99. The van der Waals surface area contributed by atoms with E-state index < -0.39 is 48.5 Å². The fourth-order valence-corrected chi connectivity index (χ4v) is 12.8. The van der Waals surface area contributed by atoms with Crippen LogP contribution >= 0.6 is 0 Å². The molecule has 7 heteroatoms. The number of aliphatic carboxylic acids is 1. The molecule has 1 aliphatic heterocycles. The lowest BCUT2D eigenvalue weighted by Crippen LogP contribution is -2.65. The molecule has 5 fully saturated rings. The van der Waals surface area contributed by atoms with Gasteiger partial charge in [0.25, 0.3) is 0 Å². The number of allylic oxidation sites excluding steroid dienone is 2. The second kappa shape index (κ2) is 10.5. The van der Waals surface area contributed by atoms with Crippen LogP contribution in [0, 0.1) is 56.2 Å². The number of ether oxygens (including phenoxy) is 1. The molecule has 13 atom stereocenters. The van der Waals surface area contributed by atoms with E-state index in [0.29, 0.717) is 18.3 Å². The van der Waals surface area contributed by atoms with Crippen LogP contribution in [0.2, 0.25) is 0 Å². The number of carboxylic acid groups (broad SMARTS) is 1. The van der Waals surface area contributed by atoms with Gasteiger partial charge in [-0.25, -0.2) is 0 Å². The van der Waals surface area contributed by atoms with Crippen molar-refractivity contribution in [2.24, 2.45) is 56.2 Å². The van der Waals surface area contributed by atoms with Crippen molar-refractivity contribution in [3.63, 3.8) is 0 Å². The molecular formula is C37H60O7. The van der Waals surface area contributed by atoms with Crippen molar-refractivity contribution >= 4 is 5.97 Å². The van der Waals surface area contributed by atoms with E-state index in [1.807, 2.05) is 0 Å². The average Bonchev–Trinajstić information content (AvgIpc) is 2.94. The number of rotatable bonds is 4. The summed E-state index contributed by atoms with van der Waals surface area (Å²) in [5.41, 5.74) is 1.24. The summed E-state index contributed by atoms with van der Waals surface area (Å²) >= 11 is 0. The highest BCUT2D eigenvalue weighted by molar-refractivity contribution is 5.76. The normalized spacial score (nSPS) is 52.9. The number of carbonyl (C=O) groups is 1. The Morgan fingerprint density at radius 3 is 2.16 bits per heavy atom. The number of aliphatic hydroxyl groups excluding tert-OH is 4. The first-order valence-corrected chi connectivity index (χ1v) is 17.6. The zero-order chi connectivity index (χ0) is 32.3. The minimum atomic E-state index is -1.33. The summed E-state index contributed by atoms with van der Waals surface area (Å²) in [6, 6.07) is 0. The summed E-state index contributed by atoms with van der Waals surface area (Å²) in [5, 5.41) is 52.0. The molecule has 44 heavy (non-hydrogen) atoms. The van der Waals surface area contributed by atoms with Crippen LogP contribution in [-0.2, 0) is 9.53 Å². The van der Waals surface area contributed by atoms with Crippen LogP contribution in [0.4, 0.5) is 0 Å². The Hall–Kier alpha value is -0.990. The van der Waals surface area contributed by atoms with Gasteiger partial charge in [0, 0.05) is 0 Å². The van der Waals surface area contributed by atoms with Crippen LogP contribution in [0.1, 0.15) is 119 Å². The summed E-state index contributed by atoms with van der Waals surface area (Å²) in [6.45, 7) is 16.6. The lowest BCUT2D eigenvalue weighted by molar-refractivity contribution is -0.241. The van der Waals surface area contributed by atoms with Crippen molar-refractivity contribution in [2.45, 2.75) is 150 Å². The Morgan fingerprint density at radius 2 is 1.50 bits per heavy atom. The molecule has 0 aromatic heterocycles. The summed E-state index contributed by atoms with van der Waals surface area (Å²) in [6.07, 6.45) is 7.70. The fraction of sp³-hybridized carbons (Fsp3) is 0.919. The summed E-state index contributed by atoms with van der Waals surface area (Å²) in [7, 11) is 0. The number of hydrogen-bond acceptors (Lipinski definition) is 6. The molecule has 5 unspecified atom stereocenters. The first-order valence-electron chi connectivity index (χ1n) is 17.6. The van der Waals surface area contributed by atoms with E-state index in [4.69, 9.17) is 4.74 Å². The van der Waals surface area contributed by atoms with E-state index >= 15 is 0 Å². The smallest absolute Gasteiger partial charge is 0.310 e. The Kier molecular flexibility index (Phi) is 7.86. The molecule has 0 amide bonds. The molecule has 5 aliphatic carbocycles. The third-order valence-corrected chi connectivity index (χ3v) is 15.8. The second-order valence-electron chi connectivity index (χ2n) is 18.3. The predicted molar refractivity (Wildman–Crippen MR) is 169 cm³/mol. The molecule has 7 nitrogen and oxygen atoms in total. The maximum atomic E-state index is 12.9. The minimum absolute atomic E-state index is 0.00173. The highest BCUT2D eigenvalue weighted by Gasteiger charge is 2.69. The molecule has 6 aliphatic rings. The zero-order valence-corrected chi connectivity index (χ0v) is 28.3. The minimum Gasteiger partial charge on any atom is -0.481 e. The van der Waals surface area contributed by atoms with Crippen molar-refractivity contribution in [3.05, 3.63) is 11.6 Å². The van der Waals surface area contributed by atoms with Crippen LogP contribution in [0.3, 0.4) is 0 Å². The van der Waals surface area contributed by atoms with E-state index in [9.17, 15) is 30.3 Å². The maximum Gasteiger partial charge on any atom is 0.310 e. The molecule has 0 radical (unpaired) electrons. The predicted octanol–water partition coefficient (Wildman–Crippen LogP) is 5.72. The number of carboxylic acids is 1. The molecule has 0 bridgehead atoms. The van der Waals surface area contributed by atoms with Gasteiger partial charge >= 0.3 is 5.97 Å². The van der Waals surface area contributed by atoms with Crippen LogP contribution < -0.4 is 0 Å². The third-order valence-electron chi connectivity index (χ3n) is 15.8. The summed E-state index contributed by atoms with van der Waals surface area (Å²) in [5.74, 6) is 0.835. The van der Waals surface area contributed by atoms with Gasteiger partial charge in [0.15, 0.2) is 0 Å². The number of aliphatic hydroxyl groups is 4. The standard InChI is InChI=1S/C37H60O7/c1-32(2)14-16-37(31(42)43)17-15-35(6)22(23(37)19-32)8-9-27-34(5)12-10-21(33(3,4)26(34)11-13-36(27,35)7)18-24-28(39)30(41)29(40)25(20-38)44-24/h8,21,23-30,38-41H,9-20H2,1-7H3,(H,42,43)/t21-,23?,24+,25?,26?,27?,28?,29+,30+,34-,35+,36+,37-/m0/s1. The van der Waals surface area contributed by atoms with Gasteiger partial charge in [-0.1, -0.05) is 60.1 Å². The molecule has 0 aromatic carbocycles. The third kappa shape index (κ3) is 4.41. The highest BCUT2D eigenvalue weighted by atomic mass is 16.5. The lowest BCUT2D eigenvalue weighted by atomic mass is 9.33. The Morgan fingerprint density at radius 1 is 0.841 bits per heavy atom. The van der Waals surface area contributed by atoms with E-state index in [2.05, 4.69) is 54.5 Å². The molecule has 4 saturated carbocycles. The van der Waals surface area contributed by atoms with Crippen molar-refractivity contribution < 1.29 is 35.1 Å². The topological polar surface area (TPSA) is 127 Å². The van der Waals surface area contributed by atoms with Gasteiger partial charge in [-0.2, -0.15) is 0 Å². The maximum absolute atomic E-state index is 12.9. The van der Waals surface area contributed by atoms with Gasteiger partial charge in [0.1, 0.15) is 24.4 Å². The van der Waals surface area contributed by atoms with Gasteiger partial charge in [-0.3, -0.25) is 4.79 Å². The SMILES string of the molecule is CC1(C)CC[C@]2(C(=O)O)CC[C@]3(C)C(=CCC4[C@@]5(C)CC[C@@H](C[C@H]6OC(CO)[C@@H](O)[C@H](O)C6O)C(C)(C)C5CC[C@]43C)C2C1. The Balaban J connectivity index is 1.29. The zero-order valence-electron chi connectivity index (χ0n) is 28.3. The molecular weight excluding hydrogens is 556 g/mol. The van der Waals surface area contributed by atoms with E-state index in [-0.39, 0.29) is 38.9 Å². The van der Waals surface area contributed by atoms with Gasteiger partial charge in [-0.05, 0) is 121 Å². The molecule has 6 rings (SSSR count). The molecule has 0 aromatic rings. The molecule has 0 spiro atoms. The first kappa shape index (κ1) is 32.9. The monoisotopic (exact) mass is 616 g/mol. The Labute approximate surface area is 264 Å². The van der Waals surface area contributed by atoms with Gasteiger partial charge in [0.05, 0.1) is 18.1 Å². The van der Waals surface area contributed by atoms with Crippen LogP contribution in [0.25, 0.3) is 0 Å². The van der Waals surface area contributed by atoms with Crippen LogP contribution in [0.15, 0.2) is 11.6 Å². The first-order chi connectivity index (χ1) is 20.4. The fourth-order valence-electron chi connectivity index (χ4n) is 12.8. The van der Waals surface area contributed by atoms with Gasteiger partial charge in [-0.15, -0.1) is 0 Å². The van der Waals surface area contributed by atoms with Crippen LogP contribution in [-0.4, -0.2) is 68.6 Å². The van der Waals surface area contributed by atoms with Gasteiger partial charge < -0.3 is 30.3 Å². The van der Waals surface area contributed by atoms with Gasteiger partial charge in [0.2, 0.25) is 0 Å². The quantitative estimate of drug-likeness (QED) is 0.256. The second-order valence-corrected chi connectivity index (χ2v) is 18.3. The highest BCUT2D eigenvalue weighted by Crippen LogP contribution is 2.76. The molecule has 1 saturated heterocycles. The molecule has 250 valence electrons. The number of fused-ring (bicyclic) bond motifs is 7. The largest absolute Gasteiger partial charge is 0.481 e. The van der Waals surface area contributed by atoms with Crippen molar-refractivity contribution in [3.8, 4) is 0 Å². The molecule has 1 heterocycles. The summed E-state index contributed by atoms with van der Waals surface area (Å²) in [4.78, 5) is 12.9. The number of hydrogen-bond donors (Lipinski definition) is 5. The lowest BCUT2D eigenvalue weighted by Gasteiger charge is -2.71. The molecule has 5 N–H and O–H groups in total. The van der Waals surface area contributed by atoms with E-state index in [1.54, 1.807) is 0 Å². The Bertz CT molecular complexity index is 1180. The van der Waals surface area contributed by atoms with Crippen molar-refractivity contribution in [2.75, 3.05) is 6.61 Å². The van der Waals surface area contributed by atoms with Crippen LogP contribution in [0.5, 0.6) is 0 Å². The average molecular weight is 617 g/mol. The van der Waals surface area contributed by atoms with Crippen molar-refractivity contribution in [1.82, 2.24) is 0 Å².